The number of aromatic nitrogens is 2. The van der Waals surface area contributed by atoms with Gasteiger partial charge in [0.05, 0.1) is 11.0 Å². The zero-order chi connectivity index (χ0) is 29.9. The number of aryl methyl sites for hydroxylation is 5. The third kappa shape index (κ3) is 5.96. The summed E-state index contributed by atoms with van der Waals surface area (Å²) in [6, 6.07) is 47.5. The molecule has 2 heterocycles. The van der Waals surface area contributed by atoms with Crippen molar-refractivity contribution in [3.8, 4) is 5.69 Å². The van der Waals surface area contributed by atoms with Gasteiger partial charge in [0.25, 0.3) is 0 Å². The molecular weight excluding hydrogens is 520 g/mol. The van der Waals surface area contributed by atoms with Crippen molar-refractivity contribution < 1.29 is 0 Å². The molecule has 0 saturated heterocycles. The SMILES string of the molecule is Cc1ccc(-n2c3ccccc3c3cc(C)ccc32)cc1.Cc1ccc(C)cc1.Cc1ccc2[nH]c3ccccc3c2c1. The van der Waals surface area contributed by atoms with Gasteiger partial charge in [-0.25, -0.2) is 0 Å². The first kappa shape index (κ1) is 28.1. The minimum atomic E-state index is 1.22. The second kappa shape index (κ2) is 12.0. The molecule has 0 unspecified atom stereocenters. The van der Waals surface area contributed by atoms with Crippen LogP contribution in [0.25, 0.3) is 49.3 Å². The van der Waals surface area contributed by atoms with Gasteiger partial charge in [-0.3, -0.25) is 0 Å². The van der Waals surface area contributed by atoms with E-state index in [9.17, 15) is 0 Å². The molecule has 8 rings (SSSR count). The number of rotatable bonds is 1. The molecule has 1 N–H and O–H groups in total. The van der Waals surface area contributed by atoms with Crippen molar-refractivity contribution in [2.45, 2.75) is 34.6 Å². The minimum absolute atomic E-state index is 1.22. The van der Waals surface area contributed by atoms with Crippen LogP contribution in [-0.4, -0.2) is 9.55 Å². The monoisotopic (exact) mass is 558 g/mol. The van der Waals surface area contributed by atoms with E-state index in [1.165, 1.54) is 77.1 Å². The second-order valence-corrected chi connectivity index (χ2v) is 11.6. The summed E-state index contributed by atoms with van der Waals surface area (Å²) in [5.41, 5.74) is 12.7. The highest BCUT2D eigenvalue weighted by Crippen LogP contribution is 2.32. The van der Waals surface area contributed by atoms with Crippen molar-refractivity contribution >= 4 is 43.6 Å². The summed E-state index contributed by atoms with van der Waals surface area (Å²) in [4.78, 5) is 3.41. The molecule has 0 aliphatic rings. The molecule has 0 fully saturated rings. The molecule has 0 atom stereocenters. The van der Waals surface area contributed by atoms with E-state index in [1.807, 2.05) is 0 Å². The molecule has 2 aromatic heterocycles. The van der Waals surface area contributed by atoms with Crippen molar-refractivity contribution in [2.24, 2.45) is 0 Å². The molecule has 6 aromatic carbocycles. The molecule has 43 heavy (non-hydrogen) atoms. The van der Waals surface area contributed by atoms with E-state index < -0.39 is 0 Å². The number of aromatic amines is 1. The van der Waals surface area contributed by atoms with Gasteiger partial charge in [-0.15, -0.1) is 0 Å². The van der Waals surface area contributed by atoms with Crippen molar-refractivity contribution in [3.05, 3.63) is 161 Å². The smallest absolute Gasteiger partial charge is 0.0541 e. The quantitative estimate of drug-likeness (QED) is 0.207. The number of para-hydroxylation sites is 2. The Kier molecular flexibility index (Phi) is 7.85. The van der Waals surface area contributed by atoms with E-state index in [2.05, 4.69) is 178 Å². The van der Waals surface area contributed by atoms with Crippen LogP contribution in [0.1, 0.15) is 27.8 Å². The highest BCUT2D eigenvalue weighted by atomic mass is 15.0. The Labute approximate surface area is 254 Å². The van der Waals surface area contributed by atoms with Crippen molar-refractivity contribution in [1.82, 2.24) is 9.55 Å². The molecule has 212 valence electrons. The molecule has 2 heteroatoms. The maximum absolute atomic E-state index is 3.41. The molecular formula is C41H38N2. The summed E-state index contributed by atoms with van der Waals surface area (Å²) in [5.74, 6) is 0. The topological polar surface area (TPSA) is 20.7 Å². The zero-order valence-corrected chi connectivity index (χ0v) is 25.6. The molecule has 0 saturated carbocycles. The van der Waals surface area contributed by atoms with E-state index in [0.717, 1.165) is 0 Å². The normalized spacial score (nSPS) is 10.9. The zero-order valence-electron chi connectivity index (χ0n) is 25.6. The Bertz CT molecular complexity index is 2140. The molecule has 8 aromatic rings. The lowest BCUT2D eigenvalue weighted by Gasteiger charge is -2.08. The van der Waals surface area contributed by atoms with Gasteiger partial charge < -0.3 is 9.55 Å². The fourth-order valence-electron chi connectivity index (χ4n) is 5.66. The summed E-state index contributed by atoms with van der Waals surface area (Å²) >= 11 is 0. The Morgan fingerprint density at radius 3 is 1.51 bits per heavy atom. The maximum Gasteiger partial charge on any atom is 0.0541 e. The van der Waals surface area contributed by atoms with Gasteiger partial charge in [0.1, 0.15) is 0 Å². The molecule has 0 amide bonds. The molecule has 0 aliphatic heterocycles. The standard InChI is InChI=1S/C20H17N.C13H11N.C8H10/c1-14-7-10-16(11-8-14)21-19-6-4-3-5-17(19)18-13-15(2)9-12-20(18)21;1-9-6-7-13-11(8-9)10-4-2-3-5-12(10)14-13;1-7-3-5-8(2)6-4-7/h3-13H,1-2H3;2-8,14H,1H3;3-6H,1-2H3. The number of H-pyrrole nitrogens is 1. The number of hydrogen-bond acceptors (Lipinski definition) is 0. The Balaban J connectivity index is 0.000000128. The second-order valence-electron chi connectivity index (χ2n) is 11.6. The molecule has 2 nitrogen and oxygen atoms in total. The van der Waals surface area contributed by atoms with Gasteiger partial charge in [0.2, 0.25) is 0 Å². The Hall–Kier alpha value is -5.08. The third-order valence-electron chi connectivity index (χ3n) is 8.00. The van der Waals surface area contributed by atoms with Crippen molar-refractivity contribution in [2.75, 3.05) is 0 Å². The van der Waals surface area contributed by atoms with Gasteiger partial charge in [-0.05, 0) is 83.1 Å². The van der Waals surface area contributed by atoms with E-state index in [-0.39, 0.29) is 0 Å². The van der Waals surface area contributed by atoms with Crippen LogP contribution in [-0.2, 0) is 0 Å². The van der Waals surface area contributed by atoms with Crippen LogP contribution in [0.4, 0.5) is 0 Å². The Morgan fingerprint density at radius 2 is 0.837 bits per heavy atom. The van der Waals surface area contributed by atoms with Crippen LogP contribution in [0.2, 0.25) is 0 Å². The molecule has 0 bridgehead atoms. The summed E-state index contributed by atoms with van der Waals surface area (Å²) in [5, 5.41) is 5.27. The highest BCUT2D eigenvalue weighted by molar-refractivity contribution is 6.09. The number of hydrogen-bond donors (Lipinski definition) is 1. The highest BCUT2D eigenvalue weighted by Gasteiger charge is 2.11. The lowest BCUT2D eigenvalue weighted by molar-refractivity contribution is 1.17. The average Bonchev–Trinajstić information content (AvgIpc) is 3.55. The van der Waals surface area contributed by atoms with E-state index in [4.69, 9.17) is 0 Å². The van der Waals surface area contributed by atoms with Crippen LogP contribution in [0.3, 0.4) is 0 Å². The summed E-state index contributed by atoms with van der Waals surface area (Å²) in [6.45, 7) is 10.6. The third-order valence-corrected chi connectivity index (χ3v) is 8.00. The summed E-state index contributed by atoms with van der Waals surface area (Å²) in [6.07, 6.45) is 0. The molecule has 0 aliphatic carbocycles. The summed E-state index contributed by atoms with van der Waals surface area (Å²) in [7, 11) is 0. The Morgan fingerprint density at radius 1 is 0.372 bits per heavy atom. The van der Waals surface area contributed by atoms with E-state index >= 15 is 0 Å². The van der Waals surface area contributed by atoms with Crippen molar-refractivity contribution in [1.29, 1.82) is 0 Å². The molecule has 0 spiro atoms. The maximum atomic E-state index is 3.41. The first-order valence-electron chi connectivity index (χ1n) is 14.9. The van der Waals surface area contributed by atoms with Crippen LogP contribution < -0.4 is 0 Å². The lowest BCUT2D eigenvalue weighted by atomic mass is 10.1. The number of nitrogens with one attached hydrogen (secondary N) is 1. The first-order chi connectivity index (χ1) is 20.9. The van der Waals surface area contributed by atoms with Crippen molar-refractivity contribution in [3.63, 3.8) is 0 Å². The van der Waals surface area contributed by atoms with Crippen LogP contribution in [0, 0.1) is 34.6 Å². The van der Waals surface area contributed by atoms with Crippen LogP contribution in [0.15, 0.2) is 133 Å². The number of fused-ring (bicyclic) bond motifs is 6. The fourth-order valence-corrected chi connectivity index (χ4v) is 5.66. The van der Waals surface area contributed by atoms with Gasteiger partial charge in [0, 0.05) is 38.3 Å². The molecule has 0 radical (unpaired) electrons. The van der Waals surface area contributed by atoms with E-state index in [0.29, 0.717) is 0 Å². The number of benzene rings is 6. The predicted molar refractivity (Wildman–Crippen MR) is 187 cm³/mol. The first-order valence-corrected chi connectivity index (χ1v) is 14.9. The largest absolute Gasteiger partial charge is 0.355 e. The fraction of sp³-hybridized carbons (Fsp3) is 0.122. The van der Waals surface area contributed by atoms with Gasteiger partial charge in [0.15, 0.2) is 0 Å². The summed E-state index contributed by atoms with van der Waals surface area (Å²) < 4.78 is 2.35. The number of nitrogens with zero attached hydrogens (tertiary/aromatic N) is 1. The lowest BCUT2D eigenvalue weighted by Crippen LogP contribution is -1.93. The predicted octanol–water partition coefficient (Wildman–Crippen LogP) is 11.3. The van der Waals surface area contributed by atoms with Crippen LogP contribution >= 0.6 is 0 Å². The average molecular weight is 559 g/mol. The van der Waals surface area contributed by atoms with Crippen LogP contribution in [0.5, 0.6) is 0 Å². The minimum Gasteiger partial charge on any atom is -0.355 e. The van der Waals surface area contributed by atoms with E-state index in [1.54, 1.807) is 0 Å². The van der Waals surface area contributed by atoms with Gasteiger partial charge in [-0.1, -0.05) is 113 Å². The van der Waals surface area contributed by atoms with Gasteiger partial charge in [-0.2, -0.15) is 0 Å². The van der Waals surface area contributed by atoms with Gasteiger partial charge >= 0.3 is 0 Å².